The highest BCUT2D eigenvalue weighted by Gasteiger charge is 2.44. The summed E-state index contributed by atoms with van der Waals surface area (Å²) in [6.45, 7) is 3.73. The number of hydrogen-bond acceptors (Lipinski definition) is 8. The van der Waals surface area contributed by atoms with Gasteiger partial charge >= 0.3 is 0 Å². The van der Waals surface area contributed by atoms with Crippen LogP contribution in [0.3, 0.4) is 0 Å². The van der Waals surface area contributed by atoms with E-state index in [1.165, 1.54) is 180 Å². The second-order valence-corrected chi connectivity index (χ2v) is 25.7. The van der Waals surface area contributed by atoms with E-state index < -0.39 is 49.5 Å². The van der Waals surface area contributed by atoms with Crippen molar-refractivity contribution >= 4 is 5.91 Å². The quantitative estimate of drug-likeness (QED) is 0.0261. The first-order valence-corrected chi connectivity index (χ1v) is 37.9. The van der Waals surface area contributed by atoms with Gasteiger partial charge in [-0.05, 0) is 96.3 Å². The van der Waals surface area contributed by atoms with Crippen LogP contribution in [0.2, 0.25) is 0 Å². The van der Waals surface area contributed by atoms with Gasteiger partial charge in [-0.15, -0.1) is 0 Å². The van der Waals surface area contributed by atoms with Gasteiger partial charge in [-0.25, -0.2) is 0 Å². The first kappa shape index (κ1) is 85.3. The average molecular weight is 1270 g/mol. The largest absolute Gasteiger partial charge is 0.394 e. The van der Waals surface area contributed by atoms with E-state index >= 15 is 0 Å². The topological polar surface area (TPSA) is 149 Å². The lowest BCUT2D eigenvalue weighted by atomic mass is 9.99. The Morgan fingerprint density at radius 1 is 0.385 bits per heavy atom. The van der Waals surface area contributed by atoms with Gasteiger partial charge in [-0.2, -0.15) is 0 Å². The number of hydrogen-bond donors (Lipinski definition) is 6. The summed E-state index contributed by atoms with van der Waals surface area (Å²) in [7, 11) is 0. The first-order chi connectivity index (χ1) is 44.8. The SMILES string of the molecule is CC/C=C\C/C=C\C/C=C\C/C=C\C/C=C\C/C=C\C/C=C\C/C=C\C/C=C\C/C=C\C/C=C\CCCCCC(=O)NC(COC1OC(CO)C(O)C(O)C1O)C(O)CCCCCCCCCCCCCCCCCCCCCCCCCCCCCCCCC. The van der Waals surface area contributed by atoms with Crippen LogP contribution in [0.15, 0.2) is 134 Å². The third kappa shape index (κ3) is 57.5. The van der Waals surface area contributed by atoms with Gasteiger partial charge in [0, 0.05) is 6.42 Å². The van der Waals surface area contributed by atoms with Crippen molar-refractivity contribution in [2.75, 3.05) is 13.2 Å². The van der Waals surface area contributed by atoms with Gasteiger partial charge in [0.25, 0.3) is 0 Å². The molecular weight excluding hydrogens is 1130 g/mol. The highest BCUT2D eigenvalue weighted by Crippen LogP contribution is 2.24. The molecule has 0 aromatic carbocycles. The molecule has 0 spiro atoms. The predicted molar refractivity (Wildman–Crippen MR) is 391 cm³/mol. The Kier molecular flexibility index (Phi) is 64.9. The van der Waals surface area contributed by atoms with E-state index in [1.807, 2.05) is 0 Å². The molecule has 9 heteroatoms. The van der Waals surface area contributed by atoms with E-state index in [4.69, 9.17) is 9.47 Å². The summed E-state index contributed by atoms with van der Waals surface area (Å²) in [5.74, 6) is -0.177. The van der Waals surface area contributed by atoms with Crippen molar-refractivity contribution in [3.05, 3.63) is 134 Å². The van der Waals surface area contributed by atoms with Crippen LogP contribution in [0.5, 0.6) is 0 Å². The minimum atomic E-state index is -1.57. The standard InChI is InChI=1S/C82H141NO8/c1-3-5-7-9-11-13-15-17-19-21-23-25-27-29-31-33-35-36-37-38-39-40-42-44-46-48-50-52-54-56-58-60-62-64-66-68-70-72-78(86)83-75(74-90-82-81(89)80(88)79(87)77(73-84)91-82)76(85)71-69-67-65-63-61-59-57-55-53-51-49-47-45-43-41-34-32-30-28-26-24-22-20-18-16-14-12-10-8-6-4-2/h5,7,11,13,17,19,23,25,29,31,35-36,38-39,42,44,48,50,54,56,60,62,75-77,79-82,84-85,87-89H,3-4,6,8-10,12,14-16,18,20-22,24,26-28,30,32-34,37,40-41,43,45-47,49,51-53,55,57-59,61,63-74H2,1-2H3,(H,83,86)/b7-5-,13-11-,19-17-,25-23-,31-29-,36-35-,39-38-,44-42-,50-48-,56-54-,62-60-. The maximum absolute atomic E-state index is 13.2. The number of amides is 1. The molecule has 91 heavy (non-hydrogen) atoms. The van der Waals surface area contributed by atoms with E-state index in [0.29, 0.717) is 12.8 Å². The molecule has 1 saturated heterocycles. The Hall–Kier alpha value is -3.67. The zero-order valence-electron chi connectivity index (χ0n) is 58.6. The van der Waals surface area contributed by atoms with Crippen molar-refractivity contribution in [2.24, 2.45) is 0 Å². The van der Waals surface area contributed by atoms with Gasteiger partial charge in [-0.3, -0.25) is 4.79 Å². The van der Waals surface area contributed by atoms with Gasteiger partial charge in [0.05, 0.1) is 25.4 Å². The Bertz CT molecular complexity index is 1910. The zero-order chi connectivity index (χ0) is 65.7. The van der Waals surface area contributed by atoms with E-state index in [9.17, 15) is 30.3 Å². The van der Waals surface area contributed by atoms with Crippen molar-refractivity contribution in [2.45, 2.75) is 365 Å². The van der Waals surface area contributed by atoms with Gasteiger partial charge in [-0.1, -0.05) is 353 Å². The molecule has 0 aliphatic carbocycles. The molecular formula is C82H141NO8. The number of ether oxygens (including phenoxy) is 2. The summed E-state index contributed by atoms with van der Waals surface area (Å²) in [5.41, 5.74) is 0. The van der Waals surface area contributed by atoms with Crippen LogP contribution < -0.4 is 5.32 Å². The Morgan fingerprint density at radius 2 is 0.681 bits per heavy atom. The molecule has 0 saturated carbocycles. The molecule has 1 heterocycles. The number of rotatable bonds is 65. The Morgan fingerprint density at radius 3 is 1.00 bits per heavy atom. The molecule has 0 bridgehead atoms. The summed E-state index contributed by atoms with van der Waals surface area (Å²) in [5, 5.41) is 55.0. The van der Waals surface area contributed by atoms with Crippen molar-refractivity contribution in [3.8, 4) is 0 Å². The number of carbonyl (C=O) groups is 1. The molecule has 6 N–H and O–H groups in total. The molecule has 7 unspecified atom stereocenters. The minimum absolute atomic E-state index is 0.159. The molecule has 0 radical (unpaired) electrons. The number of aliphatic hydroxyl groups excluding tert-OH is 5. The lowest BCUT2D eigenvalue weighted by Crippen LogP contribution is -2.60. The summed E-state index contributed by atoms with van der Waals surface area (Å²) >= 11 is 0. The van der Waals surface area contributed by atoms with Gasteiger partial charge in [0.15, 0.2) is 6.29 Å². The molecule has 1 rings (SSSR count). The Labute approximate surface area is 560 Å². The van der Waals surface area contributed by atoms with Crippen molar-refractivity contribution in [1.82, 2.24) is 5.32 Å². The third-order valence-corrected chi connectivity index (χ3v) is 17.3. The van der Waals surface area contributed by atoms with E-state index in [-0.39, 0.29) is 12.5 Å². The monoisotopic (exact) mass is 1270 g/mol. The van der Waals surface area contributed by atoms with Gasteiger partial charge in [0.1, 0.15) is 24.4 Å². The van der Waals surface area contributed by atoms with Gasteiger partial charge < -0.3 is 40.3 Å². The predicted octanol–water partition coefficient (Wildman–Crippen LogP) is 21.5. The fourth-order valence-corrected chi connectivity index (χ4v) is 11.4. The van der Waals surface area contributed by atoms with Crippen LogP contribution in [0.4, 0.5) is 0 Å². The van der Waals surface area contributed by atoms with Crippen LogP contribution in [0.25, 0.3) is 0 Å². The average Bonchev–Trinajstić information content (AvgIpc) is 1.70. The number of nitrogens with one attached hydrogen (secondary N) is 1. The Balaban J connectivity index is 2.16. The lowest BCUT2D eigenvalue weighted by molar-refractivity contribution is -0.302. The number of allylic oxidation sites excluding steroid dienone is 22. The van der Waals surface area contributed by atoms with Gasteiger partial charge in [0.2, 0.25) is 5.91 Å². The van der Waals surface area contributed by atoms with Crippen LogP contribution >= 0.6 is 0 Å². The molecule has 1 amide bonds. The van der Waals surface area contributed by atoms with Crippen LogP contribution in [-0.2, 0) is 14.3 Å². The van der Waals surface area contributed by atoms with Crippen LogP contribution in [-0.4, -0.2) is 87.5 Å². The maximum atomic E-state index is 13.2. The number of aliphatic hydroxyl groups is 5. The van der Waals surface area contributed by atoms with Crippen LogP contribution in [0.1, 0.15) is 322 Å². The summed E-state index contributed by atoms with van der Waals surface area (Å²) in [6.07, 6.45) is 98.2. The van der Waals surface area contributed by atoms with Crippen molar-refractivity contribution < 1.29 is 39.8 Å². The summed E-state index contributed by atoms with van der Waals surface area (Å²) in [4.78, 5) is 13.2. The molecule has 0 aromatic rings. The van der Waals surface area contributed by atoms with Crippen molar-refractivity contribution in [1.29, 1.82) is 0 Å². The normalized spacial score (nSPS) is 18.5. The second-order valence-electron chi connectivity index (χ2n) is 25.7. The van der Waals surface area contributed by atoms with E-state index in [1.54, 1.807) is 0 Å². The molecule has 9 nitrogen and oxygen atoms in total. The molecule has 1 aliphatic rings. The minimum Gasteiger partial charge on any atom is -0.394 e. The van der Waals surface area contributed by atoms with E-state index in [0.717, 1.165) is 116 Å². The molecule has 1 aliphatic heterocycles. The highest BCUT2D eigenvalue weighted by atomic mass is 16.7. The van der Waals surface area contributed by atoms with Crippen LogP contribution in [0, 0.1) is 0 Å². The fraction of sp³-hybridized carbons (Fsp3) is 0.720. The first-order valence-electron chi connectivity index (χ1n) is 37.9. The molecule has 522 valence electrons. The smallest absolute Gasteiger partial charge is 0.220 e. The second kappa shape index (κ2) is 69.2. The maximum Gasteiger partial charge on any atom is 0.220 e. The molecule has 7 atom stereocenters. The molecule has 0 aromatic heterocycles. The summed E-state index contributed by atoms with van der Waals surface area (Å²) in [6, 6.07) is -0.750. The number of carbonyl (C=O) groups excluding carboxylic acids is 1. The lowest BCUT2D eigenvalue weighted by Gasteiger charge is -2.40. The third-order valence-electron chi connectivity index (χ3n) is 17.3. The summed E-state index contributed by atoms with van der Waals surface area (Å²) < 4.78 is 11.4. The highest BCUT2D eigenvalue weighted by molar-refractivity contribution is 5.76. The van der Waals surface area contributed by atoms with Crippen molar-refractivity contribution in [3.63, 3.8) is 0 Å². The number of unbranched alkanes of at least 4 members (excludes halogenated alkanes) is 33. The van der Waals surface area contributed by atoms with E-state index in [2.05, 4.69) is 153 Å². The molecule has 1 fully saturated rings. The zero-order valence-corrected chi connectivity index (χ0v) is 58.6. The fourth-order valence-electron chi connectivity index (χ4n) is 11.4.